The van der Waals surface area contributed by atoms with E-state index in [0.29, 0.717) is 11.3 Å². The van der Waals surface area contributed by atoms with Gasteiger partial charge in [0.2, 0.25) is 6.29 Å². The standard InChI is InChI=1S/C35H44O18/c1-15-27(50-22(40)10-7-18-5-8-19(44-4)9-6-18)29(47-16(2)38)30(48-17(3)39)34(46-15)51-28-20-11-12-45-32(23(20)35(14-37)31(28)53-35)52-33-26(43)25(42)24(41)21(13-36)49-33/h5-12,15,20-21,23-34,36-37,41-43H,13-14H2,1-4H3/b10-7+/t15-,20?,21+,23?,24+,25-,26+,27-,28-,29+,30+,31-,32?,33-,34-,35+/m0/s1. The summed E-state index contributed by atoms with van der Waals surface area (Å²) < 4.78 is 57.8. The van der Waals surface area contributed by atoms with Crippen LogP contribution in [0.2, 0.25) is 0 Å². The highest BCUT2D eigenvalue weighted by atomic mass is 16.8. The number of benzene rings is 1. The molecule has 1 aromatic carbocycles. The second-order valence-corrected chi connectivity index (χ2v) is 13.4. The van der Waals surface area contributed by atoms with Crippen molar-refractivity contribution in [2.24, 2.45) is 11.8 Å². The molecule has 0 radical (unpaired) electrons. The van der Waals surface area contributed by atoms with Gasteiger partial charge in [-0.15, -0.1) is 0 Å². The third-order valence-electron chi connectivity index (χ3n) is 10.0. The van der Waals surface area contributed by atoms with Crippen molar-refractivity contribution in [2.45, 2.75) is 106 Å². The molecule has 0 spiro atoms. The monoisotopic (exact) mass is 752 g/mol. The van der Waals surface area contributed by atoms with E-state index in [1.807, 2.05) is 0 Å². The van der Waals surface area contributed by atoms with Crippen molar-refractivity contribution in [1.29, 1.82) is 0 Å². The number of carbonyl (C=O) groups is 3. The molecule has 18 nitrogen and oxygen atoms in total. The van der Waals surface area contributed by atoms with Crippen LogP contribution in [-0.2, 0) is 57.0 Å². The lowest BCUT2D eigenvalue weighted by Gasteiger charge is -2.45. The van der Waals surface area contributed by atoms with Gasteiger partial charge in [0.15, 0.2) is 30.9 Å². The maximum atomic E-state index is 13.0. The average molecular weight is 753 g/mol. The van der Waals surface area contributed by atoms with Gasteiger partial charge in [-0.2, -0.15) is 0 Å². The molecule has 0 amide bonds. The lowest BCUT2D eigenvalue weighted by molar-refractivity contribution is -0.347. The van der Waals surface area contributed by atoms with Crippen molar-refractivity contribution in [2.75, 3.05) is 20.3 Å². The molecule has 4 fully saturated rings. The van der Waals surface area contributed by atoms with E-state index in [-0.39, 0.29) is 0 Å². The molecule has 18 heteroatoms. The normalized spacial score (nSPS) is 41.5. The van der Waals surface area contributed by atoms with Crippen molar-refractivity contribution in [3.8, 4) is 5.75 Å². The van der Waals surface area contributed by atoms with Gasteiger partial charge >= 0.3 is 17.9 Å². The van der Waals surface area contributed by atoms with Crippen LogP contribution in [0.3, 0.4) is 0 Å². The first kappa shape index (κ1) is 39.0. The molecule has 0 bridgehead atoms. The molecule has 3 unspecified atom stereocenters. The summed E-state index contributed by atoms with van der Waals surface area (Å²) in [6.07, 6.45) is -11.6. The van der Waals surface area contributed by atoms with E-state index in [2.05, 4.69) is 0 Å². The van der Waals surface area contributed by atoms with Gasteiger partial charge in [-0.1, -0.05) is 12.1 Å². The minimum absolute atomic E-state index is 0.516. The Kier molecular flexibility index (Phi) is 11.7. The molecule has 6 rings (SSSR count). The number of aliphatic hydroxyl groups is 5. The molecule has 5 N–H and O–H groups in total. The van der Waals surface area contributed by atoms with Crippen LogP contribution in [0.4, 0.5) is 0 Å². The number of aliphatic hydroxyl groups excluding tert-OH is 5. The Balaban J connectivity index is 1.21. The van der Waals surface area contributed by atoms with Gasteiger partial charge < -0.3 is 72.9 Å². The van der Waals surface area contributed by atoms with Gasteiger partial charge in [0.25, 0.3) is 0 Å². The highest BCUT2D eigenvalue weighted by Gasteiger charge is 2.77. The molecule has 1 aromatic rings. The number of methoxy groups -OCH3 is 1. The van der Waals surface area contributed by atoms with Crippen LogP contribution in [0.5, 0.6) is 5.75 Å². The van der Waals surface area contributed by atoms with Crippen LogP contribution >= 0.6 is 0 Å². The first-order chi connectivity index (χ1) is 25.3. The molecule has 292 valence electrons. The third kappa shape index (κ3) is 7.79. The fraction of sp³-hybridized carbons (Fsp3) is 0.629. The predicted octanol–water partition coefficient (Wildman–Crippen LogP) is -1.32. The molecule has 1 aliphatic carbocycles. The zero-order valence-electron chi connectivity index (χ0n) is 29.2. The summed E-state index contributed by atoms with van der Waals surface area (Å²) >= 11 is 0. The Morgan fingerprint density at radius 3 is 2.17 bits per heavy atom. The van der Waals surface area contributed by atoms with Crippen molar-refractivity contribution in [3.05, 3.63) is 48.2 Å². The largest absolute Gasteiger partial charge is 0.497 e. The van der Waals surface area contributed by atoms with E-state index >= 15 is 0 Å². The fourth-order valence-corrected chi connectivity index (χ4v) is 7.41. The summed E-state index contributed by atoms with van der Waals surface area (Å²) in [7, 11) is 1.53. The van der Waals surface area contributed by atoms with Gasteiger partial charge in [0.05, 0.1) is 44.7 Å². The smallest absolute Gasteiger partial charge is 0.331 e. The van der Waals surface area contributed by atoms with Crippen molar-refractivity contribution < 1.29 is 87.3 Å². The Morgan fingerprint density at radius 2 is 1.53 bits per heavy atom. The van der Waals surface area contributed by atoms with Crippen molar-refractivity contribution in [3.63, 3.8) is 0 Å². The fourth-order valence-electron chi connectivity index (χ4n) is 7.41. The second kappa shape index (κ2) is 16.0. The van der Waals surface area contributed by atoms with E-state index in [1.54, 1.807) is 37.3 Å². The van der Waals surface area contributed by atoms with Gasteiger partial charge in [-0.25, -0.2) is 4.79 Å². The minimum atomic E-state index is -1.73. The van der Waals surface area contributed by atoms with E-state index in [0.717, 1.165) is 13.8 Å². The van der Waals surface area contributed by atoms with E-state index in [9.17, 15) is 39.9 Å². The van der Waals surface area contributed by atoms with E-state index in [4.69, 9.17) is 47.4 Å². The van der Waals surface area contributed by atoms with Crippen LogP contribution < -0.4 is 4.74 Å². The maximum absolute atomic E-state index is 13.0. The van der Waals surface area contributed by atoms with Gasteiger partial charge in [0.1, 0.15) is 41.9 Å². The molecule has 4 aliphatic heterocycles. The van der Waals surface area contributed by atoms with Crippen LogP contribution in [0, 0.1) is 11.8 Å². The maximum Gasteiger partial charge on any atom is 0.331 e. The summed E-state index contributed by atoms with van der Waals surface area (Å²) in [6, 6.07) is 6.90. The molecular formula is C35H44O18. The molecule has 5 aliphatic rings. The zero-order valence-corrected chi connectivity index (χ0v) is 29.2. The topological polar surface area (TPSA) is 248 Å². The van der Waals surface area contributed by atoms with Gasteiger partial charge in [0, 0.05) is 25.8 Å². The molecule has 16 atom stereocenters. The number of carbonyl (C=O) groups excluding carboxylic acids is 3. The summed E-state index contributed by atoms with van der Waals surface area (Å²) in [5, 5.41) is 51.2. The number of esters is 3. The summed E-state index contributed by atoms with van der Waals surface area (Å²) in [5.74, 6) is -3.13. The number of ether oxygens (including phenoxy) is 10. The number of epoxide rings is 1. The first-order valence-electron chi connectivity index (χ1n) is 17.1. The van der Waals surface area contributed by atoms with Gasteiger partial charge in [-0.05, 0) is 36.8 Å². The Morgan fingerprint density at radius 1 is 0.830 bits per heavy atom. The number of hydrogen-bond donors (Lipinski definition) is 5. The number of rotatable bonds is 12. The SMILES string of the molecule is COc1ccc(/C=C/C(=O)O[C@@H]2[C@@H](OC(C)=O)[C@@H](OC(C)=O)[C@H](O[C@H]3C4C=COC(O[C@@H]5O[C@H](CO)[C@@H](O)[C@H](O)[C@H]5O)C4[C@@]4(CO)O[C@@H]34)O[C@H]2C)cc1. The van der Waals surface area contributed by atoms with Crippen LogP contribution in [0.25, 0.3) is 6.08 Å². The quantitative estimate of drug-likeness (QED) is 0.0719. The highest BCUT2D eigenvalue weighted by molar-refractivity contribution is 5.87. The van der Waals surface area contributed by atoms with Gasteiger partial charge in [-0.3, -0.25) is 9.59 Å². The Bertz CT molecular complexity index is 1530. The Labute approximate surface area is 303 Å². The van der Waals surface area contributed by atoms with Crippen LogP contribution in [0.1, 0.15) is 26.3 Å². The molecule has 1 saturated carbocycles. The molecule has 4 heterocycles. The molecular weight excluding hydrogens is 708 g/mol. The second-order valence-electron chi connectivity index (χ2n) is 13.4. The first-order valence-corrected chi connectivity index (χ1v) is 17.1. The van der Waals surface area contributed by atoms with Crippen LogP contribution in [0.15, 0.2) is 42.7 Å². The average Bonchev–Trinajstić information content (AvgIpc) is 3.81. The zero-order chi connectivity index (χ0) is 38.2. The minimum Gasteiger partial charge on any atom is -0.497 e. The van der Waals surface area contributed by atoms with E-state index in [1.165, 1.54) is 25.5 Å². The van der Waals surface area contributed by atoms with Crippen LogP contribution in [-0.4, -0.2) is 149 Å². The molecule has 3 saturated heterocycles. The Hall–Kier alpha value is -3.69. The highest BCUT2D eigenvalue weighted by Crippen LogP contribution is 2.61. The number of hydrogen-bond acceptors (Lipinski definition) is 18. The van der Waals surface area contributed by atoms with Crippen molar-refractivity contribution in [1.82, 2.24) is 0 Å². The lowest BCUT2D eigenvalue weighted by Crippen LogP contribution is -2.62. The third-order valence-corrected chi connectivity index (χ3v) is 10.0. The molecule has 0 aromatic heterocycles. The summed E-state index contributed by atoms with van der Waals surface area (Å²) in [5.41, 5.74) is -0.600. The lowest BCUT2D eigenvalue weighted by atomic mass is 9.85. The summed E-state index contributed by atoms with van der Waals surface area (Å²) in [4.78, 5) is 37.8. The number of fused-ring (bicyclic) bond motifs is 3. The predicted molar refractivity (Wildman–Crippen MR) is 173 cm³/mol. The van der Waals surface area contributed by atoms with E-state index < -0.39 is 128 Å². The van der Waals surface area contributed by atoms with Crippen molar-refractivity contribution >= 4 is 24.0 Å². The molecule has 53 heavy (non-hydrogen) atoms. The summed E-state index contributed by atoms with van der Waals surface area (Å²) in [6.45, 7) is 2.64.